The Kier molecular flexibility index (Phi) is 6.57. The maximum absolute atomic E-state index is 13.9. The minimum absolute atomic E-state index is 0.00677. The van der Waals surface area contributed by atoms with Crippen LogP contribution in [0.3, 0.4) is 0 Å². The van der Waals surface area contributed by atoms with Gasteiger partial charge >= 0.3 is 0 Å². The lowest BCUT2D eigenvalue weighted by Gasteiger charge is -2.42. The average molecular weight is 504 g/mol. The van der Waals surface area contributed by atoms with Crippen LogP contribution in [0, 0.1) is 6.92 Å². The Morgan fingerprint density at radius 3 is 2.23 bits per heavy atom. The van der Waals surface area contributed by atoms with Crippen LogP contribution in [-0.2, 0) is 16.0 Å². The smallest absolute Gasteiger partial charge is 0.232 e. The summed E-state index contributed by atoms with van der Waals surface area (Å²) < 4.78 is 0. The Labute approximate surface area is 216 Å². The van der Waals surface area contributed by atoms with Crippen molar-refractivity contribution < 1.29 is 9.59 Å². The molecule has 0 spiro atoms. The summed E-state index contributed by atoms with van der Waals surface area (Å²) in [6.07, 6.45) is 1.95. The molecule has 3 aromatic carbocycles. The van der Waals surface area contributed by atoms with Crippen LogP contribution in [0.25, 0.3) is 0 Å². The van der Waals surface area contributed by atoms with Gasteiger partial charge in [-0.25, -0.2) is 0 Å². The fourth-order valence-electron chi connectivity index (χ4n) is 5.67. The van der Waals surface area contributed by atoms with E-state index in [1.165, 1.54) is 0 Å². The van der Waals surface area contributed by atoms with E-state index < -0.39 is 5.92 Å². The molecular weight excluding hydrogens is 477 g/mol. The van der Waals surface area contributed by atoms with Crippen LogP contribution >= 0.6 is 23.2 Å². The molecule has 5 rings (SSSR count). The largest absolute Gasteiger partial charge is 0.294 e. The first kappa shape index (κ1) is 23.8. The van der Waals surface area contributed by atoms with Crippen molar-refractivity contribution in [3.63, 3.8) is 0 Å². The highest BCUT2D eigenvalue weighted by Crippen LogP contribution is 2.50. The van der Waals surface area contributed by atoms with Crippen molar-refractivity contribution in [3.8, 4) is 0 Å². The predicted molar refractivity (Wildman–Crippen MR) is 142 cm³/mol. The molecule has 5 heteroatoms. The molecule has 1 amide bonds. The van der Waals surface area contributed by atoms with Crippen LogP contribution in [0.1, 0.15) is 60.3 Å². The number of anilines is 1. The van der Waals surface area contributed by atoms with Crippen LogP contribution < -0.4 is 4.90 Å². The topological polar surface area (TPSA) is 37.4 Å². The number of aryl methyl sites for hydroxylation is 2. The fraction of sp³-hybridized carbons (Fsp3) is 0.267. The lowest BCUT2D eigenvalue weighted by Crippen LogP contribution is -2.42. The van der Waals surface area contributed by atoms with Gasteiger partial charge in [-0.15, -0.1) is 0 Å². The number of carbonyl (C=O) groups is 2. The van der Waals surface area contributed by atoms with Crippen LogP contribution in [0.15, 0.2) is 78.0 Å². The normalized spacial score (nSPS) is 20.3. The summed E-state index contributed by atoms with van der Waals surface area (Å²) in [5, 5.41) is 0.970. The molecule has 0 saturated carbocycles. The second-order valence-electron chi connectivity index (χ2n) is 9.36. The van der Waals surface area contributed by atoms with Crippen LogP contribution in [0.5, 0.6) is 0 Å². The van der Waals surface area contributed by atoms with E-state index in [9.17, 15) is 9.59 Å². The molecule has 178 valence electrons. The lowest BCUT2D eigenvalue weighted by atomic mass is 9.72. The Morgan fingerprint density at radius 1 is 0.857 bits per heavy atom. The number of rotatable bonds is 4. The van der Waals surface area contributed by atoms with Crippen molar-refractivity contribution >= 4 is 40.6 Å². The van der Waals surface area contributed by atoms with E-state index in [4.69, 9.17) is 23.2 Å². The summed E-state index contributed by atoms with van der Waals surface area (Å²) in [6, 6.07) is 21.5. The number of hydrogen-bond donors (Lipinski definition) is 0. The fourth-order valence-corrected chi connectivity index (χ4v) is 6.33. The molecule has 0 radical (unpaired) electrons. The summed E-state index contributed by atoms with van der Waals surface area (Å²) in [5.74, 6) is -0.416. The van der Waals surface area contributed by atoms with E-state index in [-0.39, 0.29) is 24.0 Å². The molecule has 0 aromatic heterocycles. The third-order valence-corrected chi connectivity index (χ3v) is 7.93. The number of hydrogen-bond acceptors (Lipinski definition) is 2. The van der Waals surface area contributed by atoms with E-state index in [1.807, 2.05) is 42.2 Å². The van der Waals surface area contributed by atoms with Gasteiger partial charge in [0.2, 0.25) is 5.91 Å². The highest BCUT2D eigenvalue weighted by atomic mass is 35.5. The third-order valence-electron chi connectivity index (χ3n) is 7.27. The summed E-state index contributed by atoms with van der Waals surface area (Å²) in [6.45, 7) is 4.12. The number of allylic oxidation sites excluding steroid dienone is 2. The van der Waals surface area contributed by atoms with Gasteiger partial charge in [-0.05, 0) is 60.1 Å². The van der Waals surface area contributed by atoms with Gasteiger partial charge in [0.25, 0.3) is 0 Å². The van der Waals surface area contributed by atoms with Gasteiger partial charge < -0.3 is 0 Å². The number of Topliss-reactive ketones (excluding diaryl/α,β-unsaturated/α-hetero) is 1. The van der Waals surface area contributed by atoms with Crippen LogP contribution in [0.2, 0.25) is 10.0 Å². The van der Waals surface area contributed by atoms with Crippen molar-refractivity contribution in [2.45, 2.75) is 51.4 Å². The molecule has 1 heterocycles. The molecular formula is C30H27Cl2NO2. The van der Waals surface area contributed by atoms with Crippen LogP contribution in [0.4, 0.5) is 5.69 Å². The van der Waals surface area contributed by atoms with Gasteiger partial charge in [0, 0.05) is 40.1 Å². The van der Waals surface area contributed by atoms with Crippen molar-refractivity contribution in [1.82, 2.24) is 0 Å². The Balaban J connectivity index is 1.74. The monoisotopic (exact) mass is 503 g/mol. The van der Waals surface area contributed by atoms with E-state index in [1.54, 1.807) is 18.2 Å². The SMILES string of the molecule is CCc1cccc(C)c1N1C(=O)CC(c2c(Cl)cccc2Cl)C2=C1CC(c1ccccc1)CC2=O. The molecule has 0 bridgehead atoms. The first-order chi connectivity index (χ1) is 16.9. The zero-order valence-electron chi connectivity index (χ0n) is 19.9. The quantitative estimate of drug-likeness (QED) is 0.364. The van der Waals surface area contributed by atoms with Gasteiger partial charge in [0.05, 0.1) is 5.69 Å². The van der Waals surface area contributed by atoms with Crippen molar-refractivity contribution in [2.24, 2.45) is 0 Å². The maximum Gasteiger partial charge on any atom is 0.232 e. The minimum Gasteiger partial charge on any atom is -0.294 e. The summed E-state index contributed by atoms with van der Waals surface area (Å²) in [4.78, 5) is 29.6. The summed E-state index contributed by atoms with van der Waals surface area (Å²) in [7, 11) is 0. The summed E-state index contributed by atoms with van der Waals surface area (Å²) >= 11 is 13.2. The number of ketones is 1. The number of nitrogens with zero attached hydrogens (tertiary/aromatic N) is 1. The van der Waals surface area contributed by atoms with Gasteiger partial charge in [0.1, 0.15) is 0 Å². The van der Waals surface area contributed by atoms with Gasteiger partial charge in [-0.2, -0.15) is 0 Å². The second-order valence-corrected chi connectivity index (χ2v) is 10.2. The number of carbonyl (C=O) groups excluding carboxylic acids is 2. The number of halogens is 2. The van der Waals surface area contributed by atoms with Crippen LogP contribution in [-0.4, -0.2) is 11.7 Å². The minimum atomic E-state index is -0.451. The highest BCUT2D eigenvalue weighted by Gasteiger charge is 2.44. The zero-order valence-corrected chi connectivity index (χ0v) is 21.4. The number of amides is 1. The predicted octanol–water partition coefficient (Wildman–Crippen LogP) is 7.79. The highest BCUT2D eigenvalue weighted by molar-refractivity contribution is 6.36. The molecule has 2 aliphatic rings. The molecule has 0 saturated heterocycles. The average Bonchev–Trinajstić information content (AvgIpc) is 2.84. The zero-order chi connectivity index (χ0) is 24.7. The second kappa shape index (κ2) is 9.64. The first-order valence-electron chi connectivity index (χ1n) is 12.1. The maximum atomic E-state index is 13.9. The molecule has 3 nitrogen and oxygen atoms in total. The number of benzene rings is 3. The molecule has 0 N–H and O–H groups in total. The molecule has 0 fully saturated rings. The summed E-state index contributed by atoms with van der Waals surface area (Å²) in [5.41, 5.74) is 6.26. The van der Waals surface area contributed by atoms with E-state index in [0.717, 1.165) is 34.5 Å². The Hall–Kier alpha value is -2.88. The van der Waals surface area contributed by atoms with Gasteiger partial charge in [-0.1, -0.05) is 84.7 Å². The van der Waals surface area contributed by atoms with Gasteiger partial charge in [0.15, 0.2) is 5.78 Å². The molecule has 2 atom stereocenters. The van der Waals surface area contributed by atoms with Crippen molar-refractivity contribution in [2.75, 3.05) is 4.90 Å². The molecule has 1 aliphatic carbocycles. The van der Waals surface area contributed by atoms with E-state index in [0.29, 0.717) is 34.0 Å². The number of para-hydroxylation sites is 1. The van der Waals surface area contributed by atoms with E-state index >= 15 is 0 Å². The molecule has 1 aliphatic heterocycles. The van der Waals surface area contributed by atoms with Crippen molar-refractivity contribution in [3.05, 3.63) is 110 Å². The molecule has 2 unspecified atom stereocenters. The Morgan fingerprint density at radius 2 is 1.54 bits per heavy atom. The van der Waals surface area contributed by atoms with Crippen molar-refractivity contribution in [1.29, 1.82) is 0 Å². The standard InChI is InChI=1S/C30H27Cl2NO2/c1-3-19-12-7-9-18(2)30(19)33-25-15-21(20-10-5-4-6-11-20)16-26(34)29(25)22(17-27(33)35)28-23(31)13-8-14-24(28)32/h4-14,21-22H,3,15-17H2,1-2H3. The van der Waals surface area contributed by atoms with Gasteiger partial charge in [-0.3, -0.25) is 14.5 Å². The molecule has 3 aromatic rings. The lowest BCUT2D eigenvalue weighted by molar-refractivity contribution is -0.120. The third kappa shape index (κ3) is 4.22. The Bertz CT molecular complexity index is 1330. The van der Waals surface area contributed by atoms with E-state index in [2.05, 4.69) is 25.1 Å². The first-order valence-corrected chi connectivity index (χ1v) is 12.8. The molecule has 35 heavy (non-hydrogen) atoms.